The van der Waals surface area contributed by atoms with E-state index in [0.29, 0.717) is 54.7 Å². The number of hydrogen-bond donors (Lipinski definition) is 5. The van der Waals surface area contributed by atoms with Crippen LogP contribution < -0.4 is 22.0 Å². The van der Waals surface area contributed by atoms with E-state index in [1.54, 1.807) is 36.4 Å². The molecule has 0 bridgehead atoms. The van der Waals surface area contributed by atoms with E-state index in [1.165, 1.54) is 10.5 Å². The number of carbonyl (C=O) groups excluding carboxylic acids is 3. The Balaban J connectivity index is 0.000000189. The Hall–Kier alpha value is -4.49. The van der Waals surface area contributed by atoms with Gasteiger partial charge in [0.2, 0.25) is 11.8 Å². The number of hydrogen-bond acceptors (Lipinski definition) is 8. The Labute approximate surface area is 261 Å². The molecule has 1 saturated heterocycles. The molecular formula is C31H35B2N3O9. The first-order valence-electron chi connectivity index (χ1n) is 14.5. The number of likely N-dealkylation sites (tertiary alicyclic amines) is 1. The molecule has 0 radical (unpaired) electrons. The van der Waals surface area contributed by atoms with Gasteiger partial charge in [0, 0.05) is 24.2 Å². The van der Waals surface area contributed by atoms with Crippen LogP contribution in [0.1, 0.15) is 56.7 Å². The molecule has 3 amide bonds. The van der Waals surface area contributed by atoms with E-state index in [1.807, 2.05) is 18.2 Å². The van der Waals surface area contributed by atoms with Crippen molar-refractivity contribution in [1.29, 1.82) is 0 Å². The molecular weight excluding hydrogens is 580 g/mol. The summed E-state index contributed by atoms with van der Waals surface area (Å²) in [6.45, 7) is 3.28. The molecule has 45 heavy (non-hydrogen) atoms. The van der Waals surface area contributed by atoms with Crippen molar-refractivity contribution < 1.29 is 43.6 Å². The molecule has 0 saturated carbocycles. The van der Waals surface area contributed by atoms with Gasteiger partial charge in [0.05, 0.1) is 19.6 Å². The van der Waals surface area contributed by atoms with Crippen molar-refractivity contribution in [3.63, 3.8) is 0 Å². The zero-order valence-corrected chi connectivity index (χ0v) is 24.8. The minimum absolute atomic E-state index is 0.0368. The normalized spacial score (nSPS) is 16.1. The zero-order valence-electron chi connectivity index (χ0n) is 24.8. The van der Waals surface area contributed by atoms with E-state index in [0.717, 1.165) is 11.1 Å². The number of amides is 3. The van der Waals surface area contributed by atoms with E-state index in [2.05, 4.69) is 24.4 Å². The Morgan fingerprint density at radius 3 is 2.02 bits per heavy atom. The molecule has 0 spiro atoms. The van der Waals surface area contributed by atoms with Gasteiger partial charge in [0.25, 0.3) is 5.91 Å². The average molecular weight is 615 g/mol. The maximum atomic E-state index is 12.8. The molecule has 6 rings (SSSR count). The smallest absolute Gasteiger partial charge is 0.481 e. The summed E-state index contributed by atoms with van der Waals surface area (Å²) in [7, 11) is -1.95. The molecule has 1 fully saturated rings. The number of fused-ring (bicyclic) bond motifs is 2. The number of aliphatic carboxylic acids is 1. The predicted octanol–water partition coefficient (Wildman–Crippen LogP) is 0.0980. The van der Waals surface area contributed by atoms with Gasteiger partial charge in [0.1, 0.15) is 6.04 Å². The monoisotopic (exact) mass is 615 g/mol. The minimum Gasteiger partial charge on any atom is -0.481 e. The van der Waals surface area contributed by atoms with Crippen molar-refractivity contribution in [3.05, 3.63) is 94.5 Å². The Bertz CT molecular complexity index is 1540. The van der Waals surface area contributed by atoms with Gasteiger partial charge in [-0.25, -0.2) is 0 Å². The fourth-order valence-corrected chi connectivity index (χ4v) is 5.11. The predicted molar refractivity (Wildman–Crippen MR) is 167 cm³/mol. The number of aryl methyl sites for hydroxylation is 1. The summed E-state index contributed by atoms with van der Waals surface area (Å²) < 4.78 is 10.1. The molecule has 1 atom stereocenters. The van der Waals surface area contributed by atoms with Crippen molar-refractivity contribution in [3.8, 4) is 0 Å². The highest BCUT2D eigenvalue weighted by Crippen LogP contribution is 2.21. The first-order valence-corrected chi connectivity index (χ1v) is 14.5. The lowest BCUT2D eigenvalue weighted by molar-refractivity contribution is -0.137. The quantitative estimate of drug-likeness (QED) is 0.240. The van der Waals surface area contributed by atoms with E-state index >= 15 is 0 Å². The van der Waals surface area contributed by atoms with Crippen LogP contribution in [0.5, 0.6) is 0 Å². The summed E-state index contributed by atoms with van der Waals surface area (Å²) in [5.41, 5.74) is 10.2. The van der Waals surface area contributed by atoms with Crippen molar-refractivity contribution in [2.75, 3.05) is 13.1 Å². The fraction of sp³-hybridized carbons (Fsp3) is 0.290. The summed E-state index contributed by atoms with van der Waals surface area (Å²) >= 11 is 0. The second-order valence-electron chi connectivity index (χ2n) is 10.8. The number of carboxylic acid groups (broad SMARTS) is 1. The van der Waals surface area contributed by atoms with E-state index in [4.69, 9.17) is 20.1 Å². The lowest BCUT2D eigenvalue weighted by Gasteiger charge is -2.24. The number of primary amides is 1. The van der Waals surface area contributed by atoms with Crippen LogP contribution in [0.3, 0.4) is 0 Å². The molecule has 234 valence electrons. The van der Waals surface area contributed by atoms with Crippen molar-refractivity contribution in [2.45, 2.75) is 45.4 Å². The van der Waals surface area contributed by atoms with Crippen molar-refractivity contribution in [2.24, 2.45) is 5.73 Å². The molecule has 1 unspecified atom stereocenters. The van der Waals surface area contributed by atoms with Crippen LogP contribution in [0, 0.1) is 6.92 Å². The van der Waals surface area contributed by atoms with Crippen LogP contribution >= 0.6 is 0 Å². The van der Waals surface area contributed by atoms with Crippen molar-refractivity contribution in [1.82, 2.24) is 10.2 Å². The van der Waals surface area contributed by atoms with Gasteiger partial charge in [0.15, 0.2) is 0 Å². The highest BCUT2D eigenvalue weighted by molar-refractivity contribution is 6.62. The maximum Gasteiger partial charge on any atom is 0.491 e. The first kappa shape index (κ1) is 33.4. The number of carboxylic acids is 1. The molecule has 3 aromatic rings. The van der Waals surface area contributed by atoms with Gasteiger partial charge in [-0.05, 0) is 66.1 Å². The highest BCUT2D eigenvalue weighted by atomic mass is 16.5. The first-order chi connectivity index (χ1) is 21.5. The van der Waals surface area contributed by atoms with Gasteiger partial charge in [-0.2, -0.15) is 0 Å². The molecule has 3 heterocycles. The summed E-state index contributed by atoms with van der Waals surface area (Å²) in [6, 6.07) is 19.6. The van der Waals surface area contributed by atoms with Crippen LogP contribution in [-0.2, 0) is 32.1 Å². The zero-order chi connectivity index (χ0) is 32.5. The molecule has 0 aromatic heterocycles. The Kier molecular flexibility index (Phi) is 11.5. The number of carbonyl (C=O) groups is 4. The fourth-order valence-electron chi connectivity index (χ4n) is 5.11. The Morgan fingerprint density at radius 2 is 1.49 bits per heavy atom. The number of benzene rings is 3. The van der Waals surface area contributed by atoms with Crippen LogP contribution in [-0.4, -0.2) is 77.1 Å². The lowest BCUT2D eigenvalue weighted by Crippen LogP contribution is -2.46. The van der Waals surface area contributed by atoms with Gasteiger partial charge in [-0.3, -0.25) is 19.2 Å². The SMILES string of the molecule is Cc1ccccc1.NC(=O)c1ccc2c(c1)B(O)OC2.O=C(O)CCNC(=O)C1CCCN1C(=O)c1ccc2c(c1)B(O)OC2. The lowest BCUT2D eigenvalue weighted by atomic mass is 9.78. The maximum absolute atomic E-state index is 12.8. The molecule has 6 N–H and O–H groups in total. The molecule has 3 aliphatic heterocycles. The van der Waals surface area contributed by atoms with E-state index < -0.39 is 32.2 Å². The number of nitrogens with zero attached hydrogens (tertiary/aromatic N) is 1. The second-order valence-corrected chi connectivity index (χ2v) is 10.8. The molecule has 12 nitrogen and oxygen atoms in total. The topological polar surface area (TPSA) is 189 Å². The van der Waals surface area contributed by atoms with E-state index in [9.17, 15) is 29.2 Å². The molecule has 3 aromatic carbocycles. The third-order valence-electron chi connectivity index (χ3n) is 7.54. The van der Waals surface area contributed by atoms with Crippen LogP contribution in [0.25, 0.3) is 0 Å². The van der Waals surface area contributed by atoms with E-state index in [-0.39, 0.29) is 24.8 Å². The largest absolute Gasteiger partial charge is 0.491 e. The minimum atomic E-state index is -1.03. The molecule has 0 aliphatic carbocycles. The molecule has 14 heteroatoms. The summed E-state index contributed by atoms with van der Waals surface area (Å²) in [6.07, 6.45) is 1.09. The third kappa shape index (κ3) is 8.79. The summed E-state index contributed by atoms with van der Waals surface area (Å²) in [5, 5.41) is 30.3. The average Bonchev–Trinajstić information content (AvgIpc) is 3.76. The van der Waals surface area contributed by atoms with Crippen molar-refractivity contribution >= 4 is 48.9 Å². The number of nitrogens with two attached hydrogens (primary N) is 1. The van der Waals surface area contributed by atoms with Gasteiger partial charge >= 0.3 is 20.2 Å². The summed E-state index contributed by atoms with van der Waals surface area (Å²) in [4.78, 5) is 47.9. The molecule has 3 aliphatic rings. The van der Waals surface area contributed by atoms with Gasteiger partial charge < -0.3 is 40.4 Å². The highest BCUT2D eigenvalue weighted by Gasteiger charge is 2.36. The van der Waals surface area contributed by atoms with Gasteiger partial charge in [-0.15, -0.1) is 0 Å². The third-order valence-corrected chi connectivity index (χ3v) is 7.54. The standard InChI is InChI=1S/C16H19BN2O6.C8H8BNO3.C7H8/c20-14(21)5-6-18-15(22)13-2-1-7-19(13)16(23)10-3-4-11-9-25-17(24)12(11)8-10;10-8(11)5-1-2-6-4-13-9(12)7(6)3-5;1-7-5-3-2-4-6-7/h3-4,8,13,24H,1-2,5-7,9H2,(H,18,22)(H,20,21);1-3,12H,4H2,(H2,10,11);2-6H,1H3. The number of nitrogens with one attached hydrogen (secondary N) is 1. The summed E-state index contributed by atoms with van der Waals surface area (Å²) in [5.74, 6) is -2.10. The van der Waals surface area contributed by atoms with Crippen LogP contribution in [0.15, 0.2) is 66.7 Å². The van der Waals surface area contributed by atoms with Gasteiger partial charge in [-0.1, -0.05) is 48.0 Å². The number of rotatable bonds is 6. The van der Waals surface area contributed by atoms with Crippen LogP contribution in [0.4, 0.5) is 0 Å². The second kappa shape index (κ2) is 15.5. The Morgan fingerprint density at radius 1 is 0.911 bits per heavy atom. The van der Waals surface area contributed by atoms with Crippen LogP contribution in [0.2, 0.25) is 0 Å².